The van der Waals surface area contributed by atoms with Crippen molar-refractivity contribution in [2.24, 2.45) is 0 Å². The summed E-state index contributed by atoms with van der Waals surface area (Å²) in [7, 11) is 5.87. The average Bonchev–Trinajstić information content (AvgIpc) is 3.36. The van der Waals surface area contributed by atoms with Gasteiger partial charge in [0.15, 0.2) is 12.4 Å². The van der Waals surface area contributed by atoms with E-state index >= 15 is 0 Å². The Bertz CT molecular complexity index is 1790. The van der Waals surface area contributed by atoms with Gasteiger partial charge in [-0.2, -0.15) is 0 Å². The molecule has 0 heterocycles. The summed E-state index contributed by atoms with van der Waals surface area (Å²) in [6, 6.07) is 0. The van der Waals surface area contributed by atoms with Crippen LogP contribution in [0.3, 0.4) is 0 Å². The summed E-state index contributed by atoms with van der Waals surface area (Å²) in [5, 5.41) is 11.7. The molecule has 0 aliphatic carbocycles. The summed E-state index contributed by atoms with van der Waals surface area (Å²) in [5.41, 5.74) is 0. The molecule has 0 amide bonds. The minimum atomic E-state index is -1.65. The van der Waals surface area contributed by atoms with Crippen LogP contribution in [0.5, 0.6) is 0 Å². The first-order chi connectivity index (χ1) is 35.6. The number of esters is 2. The van der Waals surface area contributed by atoms with Crippen LogP contribution in [0.25, 0.3) is 0 Å². The third kappa shape index (κ3) is 54.3. The van der Waals surface area contributed by atoms with Crippen LogP contribution in [-0.4, -0.2) is 82.3 Å². The fourth-order valence-electron chi connectivity index (χ4n) is 6.32. The monoisotopic (exact) mass is 1010 g/mol. The molecule has 0 saturated carbocycles. The standard InChI is InChI=1S/C64H97NO8/c1-6-8-10-12-14-16-18-20-22-23-24-25-26-27-28-29-30-31-32-33-34-35-36-37-38-39-41-43-45-47-49-51-53-55-62(67)73-60(59-72-64(63(68)69)70-57-56-65(3,4)5)58-71-61(66)54-52-50-48-46-44-42-40-21-19-17-15-13-11-9-7-2/h8-11,14-17,20-22,24-25,27-28,30-31,33-34,36-37,39-41,44-47,60,64H,6-7,12-13,18-19,23,26,29,32,35,38,42-43,48-59H2,1-5H3/b10-8-,11-9-,16-14-,17-15-,22-20-,25-24-,28-27-,31-30-,34-33-,37-36-,40-21-,41-39-,46-44-,47-45-. The van der Waals surface area contributed by atoms with Crippen LogP contribution in [0.4, 0.5) is 0 Å². The van der Waals surface area contributed by atoms with Crippen molar-refractivity contribution in [1.29, 1.82) is 0 Å². The molecule has 9 nitrogen and oxygen atoms in total. The van der Waals surface area contributed by atoms with Gasteiger partial charge in [-0.1, -0.05) is 184 Å². The average molecular weight is 1010 g/mol. The van der Waals surface area contributed by atoms with Crippen molar-refractivity contribution in [1.82, 2.24) is 0 Å². The number of ether oxygens (including phenoxy) is 4. The molecular weight excluding hydrogens is 911 g/mol. The number of hydrogen-bond donors (Lipinski definition) is 0. The zero-order chi connectivity index (χ0) is 53.4. The van der Waals surface area contributed by atoms with Gasteiger partial charge in [0, 0.05) is 12.8 Å². The van der Waals surface area contributed by atoms with E-state index in [1.54, 1.807) is 0 Å². The number of nitrogens with zero attached hydrogens (tertiary/aromatic N) is 1. The van der Waals surface area contributed by atoms with Crippen LogP contribution in [0.2, 0.25) is 0 Å². The first kappa shape index (κ1) is 67.6. The molecule has 0 aliphatic heterocycles. The molecule has 0 fully saturated rings. The van der Waals surface area contributed by atoms with Crippen LogP contribution in [0.1, 0.15) is 155 Å². The molecule has 0 aliphatic rings. The quantitative estimate of drug-likeness (QED) is 0.0195. The van der Waals surface area contributed by atoms with Gasteiger partial charge in [0.1, 0.15) is 13.2 Å². The molecule has 406 valence electrons. The number of hydrogen-bond acceptors (Lipinski definition) is 8. The van der Waals surface area contributed by atoms with Crippen molar-refractivity contribution >= 4 is 17.9 Å². The van der Waals surface area contributed by atoms with E-state index in [4.69, 9.17) is 18.9 Å². The van der Waals surface area contributed by atoms with E-state index in [-0.39, 0.29) is 32.7 Å². The molecule has 0 aromatic carbocycles. The fraction of sp³-hybridized carbons (Fsp3) is 0.516. The number of unbranched alkanes of at least 4 members (excludes halogenated alkanes) is 4. The Hall–Kier alpha value is -5.35. The van der Waals surface area contributed by atoms with E-state index in [1.807, 2.05) is 21.1 Å². The molecule has 0 saturated heterocycles. The Morgan fingerprint density at radius 2 is 0.726 bits per heavy atom. The lowest BCUT2D eigenvalue weighted by Gasteiger charge is -2.26. The van der Waals surface area contributed by atoms with Crippen LogP contribution >= 0.6 is 0 Å². The van der Waals surface area contributed by atoms with Gasteiger partial charge >= 0.3 is 11.9 Å². The van der Waals surface area contributed by atoms with Crippen molar-refractivity contribution in [2.75, 3.05) is 47.5 Å². The maximum absolute atomic E-state index is 12.8. The van der Waals surface area contributed by atoms with Gasteiger partial charge in [0.05, 0.1) is 40.3 Å². The highest BCUT2D eigenvalue weighted by Gasteiger charge is 2.21. The van der Waals surface area contributed by atoms with Crippen LogP contribution in [0, 0.1) is 0 Å². The smallest absolute Gasteiger partial charge is 0.306 e. The summed E-state index contributed by atoms with van der Waals surface area (Å²) in [6.07, 6.45) is 77.0. The number of aliphatic carboxylic acids is 1. The normalized spacial score (nSPS) is 14.2. The number of carboxylic acid groups (broad SMARTS) is 1. The molecule has 0 aromatic rings. The van der Waals surface area contributed by atoms with Crippen LogP contribution in [0.15, 0.2) is 170 Å². The van der Waals surface area contributed by atoms with Crippen molar-refractivity contribution < 1.29 is 42.9 Å². The fourth-order valence-corrected chi connectivity index (χ4v) is 6.32. The minimum absolute atomic E-state index is 0.121. The van der Waals surface area contributed by atoms with E-state index in [0.717, 1.165) is 116 Å². The molecule has 0 spiro atoms. The van der Waals surface area contributed by atoms with E-state index in [1.165, 1.54) is 0 Å². The Morgan fingerprint density at radius 3 is 1.04 bits per heavy atom. The van der Waals surface area contributed by atoms with Crippen molar-refractivity contribution in [2.45, 2.75) is 167 Å². The highest BCUT2D eigenvalue weighted by Crippen LogP contribution is 2.10. The summed E-state index contributed by atoms with van der Waals surface area (Å²) in [6.45, 7) is 4.36. The summed E-state index contributed by atoms with van der Waals surface area (Å²) in [4.78, 5) is 37.1. The third-order valence-electron chi connectivity index (χ3n) is 10.5. The number of allylic oxidation sites excluding steroid dienone is 28. The lowest BCUT2D eigenvalue weighted by Crippen LogP contribution is -2.44. The maximum Gasteiger partial charge on any atom is 0.306 e. The first-order valence-electron chi connectivity index (χ1n) is 27.3. The molecule has 2 unspecified atom stereocenters. The van der Waals surface area contributed by atoms with E-state index in [9.17, 15) is 19.5 Å². The molecule has 9 heteroatoms. The summed E-state index contributed by atoms with van der Waals surface area (Å²) < 4.78 is 22.5. The van der Waals surface area contributed by atoms with Gasteiger partial charge < -0.3 is 33.3 Å². The molecule has 0 radical (unpaired) electrons. The molecule has 0 N–H and O–H groups in total. The lowest BCUT2D eigenvalue weighted by molar-refractivity contribution is -0.870. The zero-order valence-electron chi connectivity index (χ0n) is 45.9. The van der Waals surface area contributed by atoms with Crippen LogP contribution in [-0.2, 0) is 33.3 Å². The molecular formula is C64H97NO8. The number of likely N-dealkylation sites (N-methyl/N-ethyl adjacent to an activating group) is 1. The third-order valence-corrected chi connectivity index (χ3v) is 10.5. The Morgan fingerprint density at radius 1 is 0.411 bits per heavy atom. The SMILES string of the molecule is CC/C=C\C/C=C\C/C=C\C/C=C\C/C=C\C/C=C\C/C=C\C/C=C\C/C=C\C/C=C\CCCCC(=O)OC(COC(=O)CCCC/C=C\C/C=C\C/C=C\C/C=C\CC)COC(OCC[N+](C)(C)C)C(=O)[O-]. The zero-order valence-corrected chi connectivity index (χ0v) is 45.9. The number of carbonyl (C=O) groups excluding carboxylic acids is 3. The van der Waals surface area contributed by atoms with Crippen molar-refractivity contribution in [3.8, 4) is 0 Å². The van der Waals surface area contributed by atoms with Gasteiger partial charge in [-0.3, -0.25) is 9.59 Å². The van der Waals surface area contributed by atoms with E-state index in [0.29, 0.717) is 23.9 Å². The molecule has 73 heavy (non-hydrogen) atoms. The van der Waals surface area contributed by atoms with Crippen molar-refractivity contribution in [3.05, 3.63) is 170 Å². The Kier molecular flexibility index (Phi) is 49.1. The van der Waals surface area contributed by atoms with E-state index in [2.05, 4.69) is 184 Å². The Labute approximate surface area is 444 Å². The van der Waals surface area contributed by atoms with Crippen LogP contribution < -0.4 is 5.11 Å². The first-order valence-corrected chi connectivity index (χ1v) is 27.3. The Balaban J connectivity index is 4.44. The summed E-state index contributed by atoms with van der Waals surface area (Å²) in [5.74, 6) is -2.43. The van der Waals surface area contributed by atoms with Gasteiger partial charge in [-0.05, 0) is 128 Å². The van der Waals surface area contributed by atoms with Gasteiger partial charge in [0.2, 0.25) is 0 Å². The predicted molar refractivity (Wildman–Crippen MR) is 305 cm³/mol. The number of rotatable bonds is 47. The van der Waals surface area contributed by atoms with Gasteiger partial charge in [0.25, 0.3) is 0 Å². The second kappa shape index (κ2) is 53.0. The highest BCUT2D eigenvalue weighted by atomic mass is 16.7. The summed E-state index contributed by atoms with van der Waals surface area (Å²) >= 11 is 0. The molecule has 2 atom stereocenters. The maximum atomic E-state index is 12.8. The van der Waals surface area contributed by atoms with E-state index < -0.39 is 30.3 Å². The predicted octanol–water partition coefficient (Wildman–Crippen LogP) is 14.7. The number of carbonyl (C=O) groups is 3. The molecule has 0 rings (SSSR count). The molecule has 0 bridgehead atoms. The lowest BCUT2D eigenvalue weighted by atomic mass is 10.1. The molecule has 0 aromatic heterocycles. The van der Waals surface area contributed by atoms with Gasteiger partial charge in [-0.15, -0.1) is 0 Å². The second-order valence-corrected chi connectivity index (χ2v) is 18.4. The highest BCUT2D eigenvalue weighted by molar-refractivity contribution is 5.70. The van der Waals surface area contributed by atoms with Crippen molar-refractivity contribution in [3.63, 3.8) is 0 Å². The van der Waals surface area contributed by atoms with Gasteiger partial charge in [-0.25, -0.2) is 0 Å². The number of carboxylic acids is 1. The minimum Gasteiger partial charge on any atom is -0.545 e. The topological polar surface area (TPSA) is 111 Å². The number of quaternary nitrogens is 1. The largest absolute Gasteiger partial charge is 0.545 e. The second-order valence-electron chi connectivity index (χ2n) is 18.4.